The fourth-order valence-corrected chi connectivity index (χ4v) is 2.16. The highest BCUT2D eigenvalue weighted by atomic mass is 35.5. The van der Waals surface area contributed by atoms with Gasteiger partial charge in [0, 0.05) is 17.8 Å². The second-order valence-corrected chi connectivity index (χ2v) is 5.10. The van der Waals surface area contributed by atoms with Crippen LogP contribution in [0.5, 0.6) is 5.75 Å². The summed E-state index contributed by atoms with van der Waals surface area (Å²) >= 11 is 6.07. The van der Waals surface area contributed by atoms with Crippen LogP contribution in [-0.2, 0) is 19.4 Å². The van der Waals surface area contributed by atoms with E-state index in [4.69, 9.17) is 16.3 Å². The van der Waals surface area contributed by atoms with Crippen LogP contribution in [0, 0.1) is 0 Å². The predicted octanol–water partition coefficient (Wildman–Crippen LogP) is 3.53. The van der Waals surface area contributed by atoms with Crippen LogP contribution in [0.25, 0.3) is 0 Å². The van der Waals surface area contributed by atoms with Gasteiger partial charge in [-0.1, -0.05) is 23.7 Å². The molecule has 1 aromatic carbocycles. The molecule has 1 heterocycles. The maximum atomic E-state index is 6.07. The molecule has 5 heteroatoms. The molecule has 0 aliphatic heterocycles. The Morgan fingerprint density at radius 1 is 1.25 bits per heavy atom. The number of hydrogen-bond donors (Lipinski definition) is 0. The number of aromatic nitrogens is 3. The monoisotopic (exact) mass is 293 g/mol. The van der Waals surface area contributed by atoms with Crippen LogP contribution in [0.3, 0.4) is 0 Å². The van der Waals surface area contributed by atoms with Crippen LogP contribution in [0.15, 0.2) is 24.4 Å². The third-order valence-electron chi connectivity index (χ3n) is 3.04. The minimum Gasteiger partial charge on any atom is -0.493 e. The normalized spacial score (nSPS) is 10.8. The lowest BCUT2D eigenvalue weighted by Gasteiger charge is -2.10. The van der Waals surface area contributed by atoms with Crippen molar-refractivity contribution in [1.82, 2.24) is 15.0 Å². The van der Waals surface area contributed by atoms with Crippen LogP contribution >= 0.6 is 11.6 Å². The van der Waals surface area contributed by atoms with Gasteiger partial charge in [0.15, 0.2) is 0 Å². The Hall–Kier alpha value is -1.55. The maximum Gasteiger partial charge on any atom is 0.122 e. The Labute approximate surface area is 124 Å². The summed E-state index contributed by atoms with van der Waals surface area (Å²) in [5.74, 6) is 0.916. The van der Waals surface area contributed by atoms with Crippen LogP contribution in [0.4, 0.5) is 0 Å². The first-order valence-electron chi connectivity index (χ1n) is 7.03. The van der Waals surface area contributed by atoms with Crippen molar-refractivity contribution in [2.24, 2.45) is 0 Å². The van der Waals surface area contributed by atoms with Crippen LogP contribution in [0.1, 0.15) is 31.5 Å². The summed E-state index contributed by atoms with van der Waals surface area (Å²) in [5, 5.41) is 8.94. The quantitative estimate of drug-likeness (QED) is 0.784. The molecule has 0 spiro atoms. The Morgan fingerprint density at radius 2 is 2.10 bits per heavy atom. The minimum absolute atomic E-state index is 0.723. The lowest BCUT2D eigenvalue weighted by molar-refractivity contribution is 0.314. The van der Waals surface area contributed by atoms with Gasteiger partial charge >= 0.3 is 0 Å². The summed E-state index contributed by atoms with van der Waals surface area (Å²) in [4.78, 5) is 0. The zero-order valence-electron chi connectivity index (χ0n) is 12.0. The van der Waals surface area contributed by atoms with E-state index in [0.717, 1.165) is 54.4 Å². The van der Waals surface area contributed by atoms with Crippen molar-refractivity contribution in [3.05, 3.63) is 40.7 Å². The second-order valence-electron chi connectivity index (χ2n) is 4.67. The van der Waals surface area contributed by atoms with Gasteiger partial charge in [0.05, 0.1) is 12.3 Å². The highest BCUT2D eigenvalue weighted by Gasteiger charge is 2.07. The molecule has 0 saturated carbocycles. The van der Waals surface area contributed by atoms with Crippen molar-refractivity contribution in [3.8, 4) is 5.75 Å². The van der Waals surface area contributed by atoms with Crippen molar-refractivity contribution in [1.29, 1.82) is 0 Å². The molecule has 4 nitrogen and oxygen atoms in total. The summed E-state index contributed by atoms with van der Waals surface area (Å²) < 4.78 is 7.59. The number of hydrogen-bond acceptors (Lipinski definition) is 3. The van der Waals surface area contributed by atoms with Gasteiger partial charge in [-0.05, 0) is 49.9 Å². The fourth-order valence-electron chi connectivity index (χ4n) is 1.97. The van der Waals surface area contributed by atoms with E-state index in [0.29, 0.717) is 0 Å². The molecule has 0 aliphatic carbocycles. The molecule has 1 aromatic heterocycles. The molecule has 0 aliphatic rings. The van der Waals surface area contributed by atoms with E-state index >= 15 is 0 Å². The second kappa shape index (κ2) is 7.29. The molecular weight excluding hydrogens is 274 g/mol. The van der Waals surface area contributed by atoms with Gasteiger partial charge in [-0.15, -0.1) is 5.10 Å². The van der Waals surface area contributed by atoms with Gasteiger partial charge in [-0.2, -0.15) is 0 Å². The first-order chi connectivity index (χ1) is 9.72. The van der Waals surface area contributed by atoms with Gasteiger partial charge in [-0.3, -0.25) is 4.68 Å². The highest BCUT2D eigenvalue weighted by Crippen LogP contribution is 2.24. The Kier molecular flexibility index (Phi) is 5.41. The first-order valence-corrected chi connectivity index (χ1v) is 7.41. The molecule has 20 heavy (non-hydrogen) atoms. The summed E-state index contributed by atoms with van der Waals surface area (Å²) in [6, 6.07) is 5.77. The molecule has 0 bridgehead atoms. The first kappa shape index (κ1) is 14.9. The standard InChI is InChI=1S/C15H20ClN3O/c1-3-9-20-15-8-6-13(16)10-12(15)5-7-14-11-19(4-2)18-17-14/h6,8,10-11H,3-5,7,9H2,1-2H3. The van der Waals surface area contributed by atoms with Crippen molar-refractivity contribution in [3.63, 3.8) is 0 Å². The number of ether oxygens (including phenoxy) is 1. The minimum atomic E-state index is 0.723. The molecule has 0 N–H and O–H groups in total. The molecule has 0 fully saturated rings. The number of rotatable bonds is 7. The molecule has 2 rings (SSSR count). The summed E-state index contributed by atoms with van der Waals surface area (Å²) in [6.45, 7) is 5.71. The van der Waals surface area contributed by atoms with E-state index < -0.39 is 0 Å². The van der Waals surface area contributed by atoms with Gasteiger partial charge in [0.1, 0.15) is 5.75 Å². The molecule has 0 radical (unpaired) electrons. The molecule has 0 atom stereocenters. The van der Waals surface area contributed by atoms with Crippen molar-refractivity contribution in [2.75, 3.05) is 6.61 Å². The van der Waals surface area contributed by atoms with E-state index in [1.54, 1.807) is 0 Å². The number of benzene rings is 1. The summed E-state index contributed by atoms with van der Waals surface area (Å²) in [5.41, 5.74) is 2.12. The number of halogens is 1. The zero-order valence-corrected chi connectivity index (χ0v) is 12.7. The van der Waals surface area contributed by atoms with Crippen molar-refractivity contribution >= 4 is 11.6 Å². The number of nitrogens with zero attached hydrogens (tertiary/aromatic N) is 3. The summed E-state index contributed by atoms with van der Waals surface area (Å²) in [6.07, 6.45) is 4.66. The van der Waals surface area contributed by atoms with Gasteiger partial charge < -0.3 is 4.74 Å². The number of aryl methyl sites for hydroxylation is 3. The van der Waals surface area contributed by atoms with E-state index in [1.807, 2.05) is 36.0 Å². The topological polar surface area (TPSA) is 39.9 Å². The Balaban J connectivity index is 2.05. The van der Waals surface area contributed by atoms with E-state index in [-0.39, 0.29) is 0 Å². The molecule has 108 valence electrons. The van der Waals surface area contributed by atoms with Gasteiger partial charge in [0.2, 0.25) is 0 Å². The molecule has 2 aromatic rings. The molecular formula is C15H20ClN3O. The fraction of sp³-hybridized carbons (Fsp3) is 0.467. The maximum absolute atomic E-state index is 6.07. The predicted molar refractivity (Wildman–Crippen MR) is 80.3 cm³/mol. The van der Waals surface area contributed by atoms with Crippen molar-refractivity contribution in [2.45, 2.75) is 39.7 Å². The van der Waals surface area contributed by atoms with Crippen LogP contribution in [0.2, 0.25) is 5.02 Å². The van der Waals surface area contributed by atoms with E-state index in [2.05, 4.69) is 17.2 Å². The smallest absolute Gasteiger partial charge is 0.122 e. The highest BCUT2D eigenvalue weighted by molar-refractivity contribution is 6.30. The molecule has 0 saturated heterocycles. The van der Waals surface area contributed by atoms with E-state index in [9.17, 15) is 0 Å². The lowest BCUT2D eigenvalue weighted by Crippen LogP contribution is -2.00. The summed E-state index contributed by atoms with van der Waals surface area (Å²) in [7, 11) is 0. The molecule has 0 unspecified atom stereocenters. The largest absolute Gasteiger partial charge is 0.493 e. The average Bonchev–Trinajstić information content (AvgIpc) is 2.92. The van der Waals surface area contributed by atoms with Crippen LogP contribution in [-0.4, -0.2) is 21.6 Å². The zero-order chi connectivity index (χ0) is 14.4. The lowest BCUT2D eigenvalue weighted by atomic mass is 10.1. The molecule has 0 amide bonds. The van der Waals surface area contributed by atoms with Gasteiger partial charge in [0.25, 0.3) is 0 Å². The Bertz CT molecular complexity index is 554. The SMILES string of the molecule is CCCOc1ccc(Cl)cc1CCc1cn(CC)nn1. The third kappa shape index (κ3) is 3.97. The Morgan fingerprint density at radius 3 is 2.80 bits per heavy atom. The van der Waals surface area contributed by atoms with Crippen molar-refractivity contribution < 1.29 is 4.74 Å². The average molecular weight is 294 g/mol. The third-order valence-corrected chi connectivity index (χ3v) is 3.28. The van der Waals surface area contributed by atoms with Gasteiger partial charge in [-0.25, -0.2) is 0 Å². The van der Waals surface area contributed by atoms with Crippen LogP contribution < -0.4 is 4.74 Å². The van der Waals surface area contributed by atoms with E-state index in [1.165, 1.54) is 0 Å².